The smallest absolute Gasteiger partial charge is 0.255 e. The number of thiocarbonyl (C=S) groups is 1. The number of carbonyl (C=O) groups excluding carboxylic acids is 1. The molecule has 3 N–H and O–H groups in total. The molecule has 140 valence electrons. The minimum absolute atomic E-state index is 0.243. The molecule has 0 saturated heterocycles. The highest BCUT2D eigenvalue weighted by Gasteiger charge is 2.30. The minimum atomic E-state index is -0.343. The van der Waals surface area contributed by atoms with Crippen molar-refractivity contribution in [1.82, 2.24) is 10.6 Å². The van der Waals surface area contributed by atoms with Crippen molar-refractivity contribution < 1.29 is 14.3 Å². The van der Waals surface area contributed by atoms with Gasteiger partial charge in [-0.25, -0.2) is 0 Å². The number of hydrogen-bond acceptors (Lipinski definition) is 4. The zero-order chi connectivity index (χ0) is 19.4. The summed E-state index contributed by atoms with van der Waals surface area (Å²) in [4.78, 5) is 13.1. The maximum Gasteiger partial charge on any atom is 0.255 e. The molecule has 1 heterocycles. The van der Waals surface area contributed by atoms with Gasteiger partial charge < -0.3 is 25.4 Å². The highest BCUT2D eigenvalue weighted by Crippen LogP contribution is 2.32. The molecule has 0 saturated carbocycles. The van der Waals surface area contributed by atoms with Crippen LogP contribution >= 0.6 is 12.2 Å². The van der Waals surface area contributed by atoms with E-state index in [1.807, 2.05) is 37.3 Å². The van der Waals surface area contributed by atoms with Crippen molar-refractivity contribution in [2.24, 2.45) is 0 Å². The number of benzene rings is 2. The Morgan fingerprint density at radius 2 is 1.85 bits per heavy atom. The molecular weight excluding hydrogens is 362 g/mol. The van der Waals surface area contributed by atoms with Gasteiger partial charge in [-0.05, 0) is 36.8 Å². The number of ether oxygens (including phenoxy) is 2. The number of anilines is 1. The normalized spacial score (nSPS) is 16.3. The van der Waals surface area contributed by atoms with Gasteiger partial charge in [0.2, 0.25) is 0 Å². The van der Waals surface area contributed by atoms with E-state index < -0.39 is 0 Å². The zero-order valence-corrected chi connectivity index (χ0v) is 16.1. The quantitative estimate of drug-likeness (QED) is 0.689. The molecule has 3 rings (SSSR count). The van der Waals surface area contributed by atoms with Crippen molar-refractivity contribution >= 4 is 28.9 Å². The van der Waals surface area contributed by atoms with Crippen molar-refractivity contribution in [2.45, 2.75) is 13.0 Å². The predicted molar refractivity (Wildman–Crippen MR) is 109 cm³/mol. The van der Waals surface area contributed by atoms with Crippen LogP contribution in [0.4, 0.5) is 5.69 Å². The molecular formula is C20H21N3O3S. The predicted octanol–water partition coefficient (Wildman–Crippen LogP) is 3.14. The van der Waals surface area contributed by atoms with Crippen LogP contribution in [0.1, 0.15) is 18.5 Å². The standard InChI is InChI=1S/C20H21N3O3S/c1-12-17(18(23-20(27)21-12)13-7-5-4-6-8-13)19(24)22-15-10-9-14(25-2)11-16(15)26-3/h4-11,18H,1-3H3,(H,22,24)(H2,21,23,27)/t18-/m1/s1. The fraction of sp³-hybridized carbons (Fsp3) is 0.200. The summed E-state index contributed by atoms with van der Waals surface area (Å²) in [5.74, 6) is 0.922. The number of allylic oxidation sites excluding steroid dienone is 1. The fourth-order valence-corrected chi connectivity index (χ4v) is 3.25. The molecule has 27 heavy (non-hydrogen) atoms. The van der Waals surface area contributed by atoms with Gasteiger partial charge in [0.1, 0.15) is 11.5 Å². The van der Waals surface area contributed by atoms with Gasteiger partial charge in [0, 0.05) is 11.8 Å². The Balaban J connectivity index is 1.94. The van der Waals surface area contributed by atoms with E-state index in [4.69, 9.17) is 21.7 Å². The third kappa shape index (κ3) is 4.03. The molecule has 6 nitrogen and oxygen atoms in total. The Hall–Kier alpha value is -3.06. The summed E-state index contributed by atoms with van der Waals surface area (Å²) >= 11 is 5.27. The van der Waals surface area contributed by atoms with Gasteiger partial charge in [-0.1, -0.05) is 30.3 Å². The Labute approximate surface area is 163 Å². The first kappa shape index (κ1) is 18.7. The highest BCUT2D eigenvalue weighted by molar-refractivity contribution is 7.80. The first-order valence-corrected chi connectivity index (χ1v) is 8.81. The molecule has 0 spiro atoms. The molecule has 0 aromatic heterocycles. The van der Waals surface area contributed by atoms with Crippen LogP contribution < -0.4 is 25.4 Å². The van der Waals surface area contributed by atoms with Crippen LogP contribution in [0.3, 0.4) is 0 Å². The fourth-order valence-electron chi connectivity index (χ4n) is 2.98. The molecule has 0 fully saturated rings. The van der Waals surface area contributed by atoms with Crippen LogP contribution in [-0.2, 0) is 4.79 Å². The van der Waals surface area contributed by atoms with Crippen molar-refractivity contribution in [3.05, 3.63) is 65.4 Å². The second-order valence-corrected chi connectivity index (χ2v) is 6.41. The van der Waals surface area contributed by atoms with E-state index in [-0.39, 0.29) is 11.9 Å². The third-order valence-corrected chi connectivity index (χ3v) is 4.52. The van der Waals surface area contributed by atoms with Crippen LogP contribution in [-0.4, -0.2) is 25.2 Å². The Morgan fingerprint density at radius 1 is 1.11 bits per heavy atom. The van der Waals surface area contributed by atoms with E-state index in [0.717, 1.165) is 5.56 Å². The van der Waals surface area contributed by atoms with E-state index in [9.17, 15) is 4.79 Å². The van der Waals surface area contributed by atoms with Crippen LogP contribution in [0.2, 0.25) is 0 Å². The monoisotopic (exact) mass is 383 g/mol. The number of amides is 1. The number of methoxy groups -OCH3 is 2. The average Bonchev–Trinajstić information content (AvgIpc) is 2.68. The maximum atomic E-state index is 13.1. The number of nitrogens with one attached hydrogen (secondary N) is 3. The summed E-state index contributed by atoms with van der Waals surface area (Å²) in [6.07, 6.45) is 0. The second-order valence-electron chi connectivity index (χ2n) is 6.00. The highest BCUT2D eigenvalue weighted by atomic mass is 32.1. The van der Waals surface area contributed by atoms with Gasteiger partial charge in [-0.15, -0.1) is 0 Å². The zero-order valence-electron chi connectivity index (χ0n) is 15.3. The summed E-state index contributed by atoms with van der Waals surface area (Å²) in [5.41, 5.74) is 2.78. The molecule has 2 aromatic carbocycles. The molecule has 0 bridgehead atoms. The van der Waals surface area contributed by atoms with Crippen LogP contribution in [0.25, 0.3) is 0 Å². The lowest BCUT2D eigenvalue weighted by Gasteiger charge is -2.30. The van der Waals surface area contributed by atoms with Gasteiger partial charge in [0.05, 0.1) is 31.5 Å². The molecule has 7 heteroatoms. The summed E-state index contributed by atoms with van der Waals surface area (Å²) < 4.78 is 10.6. The lowest BCUT2D eigenvalue weighted by atomic mass is 9.95. The van der Waals surface area contributed by atoms with Crippen LogP contribution in [0.15, 0.2) is 59.8 Å². The molecule has 2 aromatic rings. The average molecular weight is 383 g/mol. The molecule has 0 radical (unpaired) electrons. The van der Waals surface area contributed by atoms with Crippen molar-refractivity contribution in [3.8, 4) is 11.5 Å². The van der Waals surface area contributed by atoms with Crippen molar-refractivity contribution in [2.75, 3.05) is 19.5 Å². The van der Waals surface area contributed by atoms with Crippen LogP contribution in [0.5, 0.6) is 11.5 Å². The summed E-state index contributed by atoms with van der Waals surface area (Å²) in [6.45, 7) is 1.84. The van der Waals surface area contributed by atoms with E-state index in [1.54, 1.807) is 32.4 Å². The van der Waals surface area contributed by atoms with Crippen molar-refractivity contribution in [3.63, 3.8) is 0 Å². The molecule has 1 aliphatic heterocycles. The van der Waals surface area contributed by atoms with Crippen molar-refractivity contribution in [1.29, 1.82) is 0 Å². The largest absolute Gasteiger partial charge is 0.497 e. The van der Waals surface area contributed by atoms with E-state index in [2.05, 4.69) is 16.0 Å². The van der Waals surface area contributed by atoms with Gasteiger partial charge in [-0.2, -0.15) is 0 Å². The Kier molecular flexibility index (Phi) is 5.61. The van der Waals surface area contributed by atoms with Gasteiger partial charge in [-0.3, -0.25) is 4.79 Å². The Morgan fingerprint density at radius 3 is 2.52 bits per heavy atom. The number of hydrogen-bond donors (Lipinski definition) is 3. The SMILES string of the molecule is COc1ccc(NC(=O)C2=C(C)NC(=S)N[C@@H]2c2ccccc2)c(OC)c1. The lowest BCUT2D eigenvalue weighted by Crippen LogP contribution is -2.45. The molecule has 0 aliphatic carbocycles. The van der Waals surface area contributed by atoms with Gasteiger partial charge >= 0.3 is 0 Å². The molecule has 0 unspecified atom stereocenters. The minimum Gasteiger partial charge on any atom is -0.497 e. The number of rotatable bonds is 5. The molecule has 1 atom stereocenters. The summed E-state index contributed by atoms with van der Waals surface area (Å²) in [6, 6.07) is 14.6. The lowest BCUT2D eigenvalue weighted by molar-refractivity contribution is -0.113. The van der Waals surface area contributed by atoms with E-state index in [0.29, 0.717) is 33.6 Å². The topological polar surface area (TPSA) is 71.6 Å². The first-order valence-electron chi connectivity index (χ1n) is 8.40. The van der Waals surface area contributed by atoms with Crippen LogP contribution in [0, 0.1) is 0 Å². The van der Waals surface area contributed by atoms with Gasteiger partial charge in [0.15, 0.2) is 5.11 Å². The maximum absolute atomic E-state index is 13.1. The third-order valence-electron chi connectivity index (χ3n) is 4.30. The molecule has 1 aliphatic rings. The van der Waals surface area contributed by atoms with Gasteiger partial charge in [0.25, 0.3) is 5.91 Å². The van der Waals surface area contributed by atoms with E-state index >= 15 is 0 Å². The molecule has 1 amide bonds. The number of carbonyl (C=O) groups is 1. The second kappa shape index (κ2) is 8.09. The first-order chi connectivity index (χ1) is 13.0. The Bertz CT molecular complexity index is 897. The van der Waals surface area contributed by atoms with E-state index in [1.165, 1.54) is 0 Å². The summed E-state index contributed by atoms with van der Waals surface area (Å²) in [5, 5.41) is 9.62. The summed E-state index contributed by atoms with van der Waals surface area (Å²) in [7, 11) is 3.12.